The van der Waals surface area contributed by atoms with Crippen LogP contribution in [0.2, 0.25) is 0 Å². The fourth-order valence-electron chi connectivity index (χ4n) is 4.34. The molecule has 1 fully saturated rings. The number of hydrogen-bond acceptors (Lipinski definition) is 7. The Labute approximate surface area is 184 Å². The van der Waals surface area contributed by atoms with E-state index in [0.717, 1.165) is 42.5 Å². The Morgan fingerprint density at radius 2 is 2.10 bits per heavy atom. The van der Waals surface area contributed by atoms with Crippen molar-refractivity contribution in [2.75, 3.05) is 25.5 Å². The summed E-state index contributed by atoms with van der Waals surface area (Å²) in [6.45, 7) is 1.10. The highest BCUT2D eigenvalue weighted by atomic mass is 32.1. The molecule has 1 saturated heterocycles. The minimum absolute atomic E-state index is 0.0992. The van der Waals surface area contributed by atoms with Crippen molar-refractivity contribution in [1.82, 2.24) is 10.2 Å². The second-order valence-electron chi connectivity index (χ2n) is 7.88. The molecule has 8 nitrogen and oxygen atoms in total. The van der Waals surface area contributed by atoms with Gasteiger partial charge in [0, 0.05) is 4.88 Å². The monoisotopic (exact) mass is 445 g/mol. The number of rotatable bonds is 7. The van der Waals surface area contributed by atoms with Gasteiger partial charge in [-0.25, -0.2) is 4.79 Å². The molecule has 2 aromatic heterocycles. The second-order valence-corrected chi connectivity index (χ2v) is 8.99. The Morgan fingerprint density at radius 1 is 1.26 bits per heavy atom. The molecule has 1 unspecified atom stereocenters. The van der Waals surface area contributed by atoms with Crippen LogP contribution in [0.3, 0.4) is 0 Å². The molecule has 0 spiro atoms. The van der Waals surface area contributed by atoms with Crippen molar-refractivity contribution < 1.29 is 23.5 Å². The maximum Gasteiger partial charge on any atom is 0.341 e. The molecule has 2 amide bonds. The molecule has 1 atom stereocenters. The highest BCUT2D eigenvalue weighted by Crippen LogP contribution is 2.38. The van der Waals surface area contributed by atoms with Crippen LogP contribution in [0.5, 0.6) is 0 Å². The molecular weight excluding hydrogens is 418 g/mol. The Morgan fingerprint density at radius 3 is 2.87 bits per heavy atom. The minimum atomic E-state index is -0.411. The molecule has 0 saturated carbocycles. The average Bonchev–Trinajstić information content (AvgIpc) is 3.51. The summed E-state index contributed by atoms with van der Waals surface area (Å²) in [6, 6.07) is 3.23. The molecule has 31 heavy (non-hydrogen) atoms. The van der Waals surface area contributed by atoms with Crippen molar-refractivity contribution in [2.24, 2.45) is 0 Å². The van der Waals surface area contributed by atoms with E-state index in [-0.39, 0.29) is 24.4 Å². The molecule has 3 heterocycles. The maximum atomic E-state index is 12.8. The van der Waals surface area contributed by atoms with Gasteiger partial charge in [0.15, 0.2) is 0 Å². The number of methoxy groups -OCH3 is 1. The van der Waals surface area contributed by atoms with Gasteiger partial charge in [-0.1, -0.05) is 0 Å². The molecule has 0 aromatic carbocycles. The first-order valence-corrected chi connectivity index (χ1v) is 11.5. The molecule has 9 heteroatoms. The molecule has 1 aliphatic heterocycles. The molecule has 2 aromatic rings. The topological polar surface area (TPSA) is 101 Å². The smallest absolute Gasteiger partial charge is 0.341 e. The number of fused-ring (bicyclic) bond motifs is 1. The summed E-state index contributed by atoms with van der Waals surface area (Å²) >= 11 is 1.46. The Bertz CT molecular complexity index is 953. The lowest BCUT2D eigenvalue weighted by molar-refractivity contribution is -0.126. The van der Waals surface area contributed by atoms with Gasteiger partial charge in [-0.15, -0.1) is 11.3 Å². The summed E-state index contributed by atoms with van der Waals surface area (Å²) in [7, 11) is 1.36. The van der Waals surface area contributed by atoms with Gasteiger partial charge in [-0.05, 0) is 62.8 Å². The largest absolute Gasteiger partial charge is 0.467 e. The van der Waals surface area contributed by atoms with E-state index in [1.807, 2.05) is 4.90 Å². The summed E-state index contributed by atoms with van der Waals surface area (Å²) in [6.07, 6.45) is 7.00. The van der Waals surface area contributed by atoms with Gasteiger partial charge in [0.25, 0.3) is 0 Å². The number of ether oxygens (including phenoxy) is 1. The Kier molecular flexibility index (Phi) is 6.72. The first kappa shape index (κ1) is 21.6. The number of carbonyl (C=O) groups is 3. The third kappa shape index (κ3) is 4.83. The highest BCUT2D eigenvalue weighted by Gasteiger charge is 2.33. The fraction of sp³-hybridized carbons (Fsp3) is 0.500. The number of amides is 2. The van der Waals surface area contributed by atoms with Crippen LogP contribution < -0.4 is 10.6 Å². The first-order valence-electron chi connectivity index (χ1n) is 10.6. The van der Waals surface area contributed by atoms with E-state index >= 15 is 0 Å². The van der Waals surface area contributed by atoms with Crippen molar-refractivity contribution >= 4 is 34.1 Å². The predicted molar refractivity (Wildman–Crippen MR) is 116 cm³/mol. The van der Waals surface area contributed by atoms with Gasteiger partial charge >= 0.3 is 5.97 Å². The van der Waals surface area contributed by atoms with Crippen LogP contribution in [-0.4, -0.2) is 48.9 Å². The fourth-order valence-corrected chi connectivity index (χ4v) is 5.63. The van der Waals surface area contributed by atoms with E-state index in [4.69, 9.17) is 9.15 Å². The molecule has 2 aliphatic rings. The molecule has 4 rings (SSSR count). The van der Waals surface area contributed by atoms with E-state index in [1.165, 1.54) is 18.4 Å². The Balaban J connectivity index is 1.39. The van der Waals surface area contributed by atoms with E-state index in [9.17, 15) is 14.4 Å². The zero-order valence-corrected chi connectivity index (χ0v) is 18.4. The highest BCUT2D eigenvalue weighted by molar-refractivity contribution is 7.17. The third-order valence-electron chi connectivity index (χ3n) is 5.84. The summed E-state index contributed by atoms with van der Waals surface area (Å²) in [5.41, 5.74) is 1.50. The van der Waals surface area contributed by atoms with Crippen LogP contribution in [0.25, 0.3) is 0 Å². The van der Waals surface area contributed by atoms with Gasteiger partial charge in [0.05, 0.1) is 38.1 Å². The van der Waals surface area contributed by atoms with Crippen molar-refractivity contribution in [3.05, 3.63) is 40.2 Å². The molecule has 2 N–H and O–H groups in total. The van der Waals surface area contributed by atoms with E-state index in [0.29, 0.717) is 35.8 Å². The van der Waals surface area contributed by atoms with Crippen LogP contribution in [-0.2, 0) is 33.7 Å². The summed E-state index contributed by atoms with van der Waals surface area (Å²) in [5.74, 6) is -0.0586. The van der Waals surface area contributed by atoms with Crippen LogP contribution in [0, 0.1) is 0 Å². The molecular formula is C22H27N3O5S. The van der Waals surface area contributed by atoms with Gasteiger partial charge in [0.1, 0.15) is 10.8 Å². The van der Waals surface area contributed by atoms with Crippen molar-refractivity contribution in [1.29, 1.82) is 0 Å². The van der Waals surface area contributed by atoms with Gasteiger partial charge < -0.3 is 19.8 Å². The zero-order chi connectivity index (χ0) is 21.8. The predicted octanol–water partition coefficient (Wildman–Crippen LogP) is 2.73. The summed E-state index contributed by atoms with van der Waals surface area (Å²) in [4.78, 5) is 40.8. The number of anilines is 1. The van der Waals surface area contributed by atoms with E-state index < -0.39 is 5.97 Å². The number of furan rings is 1. The lowest BCUT2D eigenvalue weighted by atomic mass is 9.95. The number of thiophene rings is 1. The van der Waals surface area contributed by atoms with Crippen LogP contribution in [0.1, 0.15) is 52.2 Å². The quantitative estimate of drug-likeness (QED) is 0.636. The lowest BCUT2D eigenvalue weighted by Gasteiger charge is -2.22. The molecule has 0 radical (unpaired) electrons. The summed E-state index contributed by atoms with van der Waals surface area (Å²) < 4.78 is 10.2. The van der Waals surface area contributed by atoms with Crippen molar-refractivity contribution in [3.8, 4) is 0 Å². The normalized spacial score (nSPS) is 18.4. The SMILES string of the molecule is COC(=O)c1c(NC(=O)CN2CCCC2C(=O)NCc2ccco2)sc2c1CCCC2. The second kappa shape index (κ2) is 9.65. The van der Waals surface area contributed by atoms with Crippen LogP contribution >= 0.6 is 11.3 Å². The van der Waals surface area contributed by atoms with Gasteiger partial charge in [-0.3, -0.25) is 14.5 Å². The number of nitrogens with zero attached hydrogens (tertiary/aromatic N) is 1. The van der Waals surface area contributed by atoms with Crippen molar-refractivity contribution in [3.63, 3.8) is 0 Å². The number of esters is 1. The number of hydrogen-bond donors (Lipinski definition) is 2. The van der Waals surface area contributed by atoms with E-state index in [1.54, 1.807) is 18.4 Å². The van der Waals surface area contributed by atoms with Crippen LogP contribution in [0.15, 0.2) is 22.8 Å². The van der Waals surface area contributed by atoms with E-state index in [2.05, 4.69) is 10.6 Å². The van der Waals surface area contributed by atoms with Crippen molar-refractivity contribution in [2.45, 2.75) is 51.1 Å². The minimum Gasteiger partial charge on any atom is -0.467 e. The molecule has 1 aliphatic carbocycles. The molecule has 0 bridgehead atoms. The number of nitrogens with one attached hydrogen (secondary N) is 2. The zero-order valence-electron chi connectivity index (χ0n) is 17.6. The molecule has 166 valence electrons. The average molecular weight is 446 g/mol. The lowest BCUT2D eigenvalue weighted by Crippen LogP contribution is -2.45. The number of carbonyl (C=O) groups excluding carboxylic acids is 3. The third-order valence-corrected chi connectivity index (χ3v) is 7.05. The summed E-state index contributed by atoms with van der Waals surface area (Å²) in [5, 5.41) is 6.35. The van der Waals surface area contributed by atoms with Gasteiger partial charge in [-0.2, -0.15) is 0 Å². The van der Waals surface area contributed by atoms with Gasteiger partial charge in [0.2, 0.25) is 11.8 Å². The number of aryl methyl sites for hydroxylation is 1. The maximum absolute atomic E-state index is 12.8. The Hall–Kier alpha value is -2.65. The standard InChI is InChI=1S/C22H27N3O5S/c1-29-22(28)19-15-7-2-3-9-17(15)31-21(19)24-18(26)13-25-10-4-8-16(25)20(27)23-12-14-6-5-11-30-14/h5-6,11,16H,2-4,7-10,12-13H2,1H3,(H,23,27)(H,24,26). The van der Waals surface area contributed by atoms with Crippen LogP contribution in [0.4, 0.5) is 5.00 Å². The first-order chi connectivity index (χ1) is 15.1. The number of likely N-dealkylation sites (tertiary alicyclic amines) is 1.